The van der Waals surface area contributed by atoms with Crippen molar-refractivity contribution in [1.29, 1.82) is 0 Å². The van der Waals surface area contributed by atoms with Crippen molar-refractivity contribution in [3.63, 3.8) is 0 Å². The summed E-state index contributed by atoms with van der Waals surface area (Å²) in [5, 5.41) is 17.1. The number of amides is 2. The Labute approximate surface area is 252 Å². The van der Waals surface area contributed by atoms with Crippen LogP contribution in [-0.2, 0) is 11.0 Å². The van der Waals surface area contributed by atoms with Crippen LogP contribution in [-0.4, -0.2) is 80.7 Å². The van der Waals surface area contributed by atoms with E-state index < -0.39 is 23.8 Å². The second-order valence-electron chi connectivity index (χ2n) is 10.8. The Balaban J connectivity index is 1.47. The fraction of sp³-hybridized carbons (Fsp3) is 0.355. The standard InChI is InChI=1S/C31H33F3N6O4/c1-18-16-38(26(17-41)23-7-5-6-8-25(23)36-20(3)42)13-14-39(18)30(43)24-15-35-40-28(31(32,33)34)19(2)27(37-29(24)40)21-9-11-22(44-4)12-10-21/h5-12,15,18,26,41H,13-14,16-17H2,1-4H3,(H,36,42)/t18-,26+/m1/s1. The second kappa shape index (κ2) is 12.2. The first kappa shape index (κ1) is 31.0. The number of nitrogens with zero attached hydrogens (tertiary/aromatic N) is 5. The molecule has 3 heterocycles. The maximum absolute atomic E-state index is 14.4. The highest BCUT2D eigenvalue weighted by atomic mass is 19.4. The summed E-state index contributed by atoms with van der Waals surface area (Å²) in [5.41, 5.74) is 0.501. The number of ether oxygens (including phenoxy) is 1. The van der Waals surface area contributed by atoms with E-state index in [1.165, 1.54) is 21.0 Å². The molecule has 1 saturated heterocycles. The number of fused-ring (bicyclic) bond motifs is 1. The van der Waals surface area contributed by atoms with Crippen molar-refractivity contribution in [3.8, 4) is 17.0 Å². The van der Waals surface area contributed by atoms with Crippen molar-refractivity contribution < 1.29 is 32.6 Å². The molecular weight excluding hydrogens is 577 g/mol. The van der Waals surface area contributed by atoms with Crippen LogP contribution in [0.15, 0.2) is 54.7 Å². The molecule has 0 aliphatic carbocycles. The quantitative estimate of drug-likeness (QED) is 0.315. The molecule has 0 spiro atoms. The number of hydrogen-bond donors (Lipinski definition) is 2. The molecule has 2 atom stereocenters. The minimum Gasteiger partial charge on any atom is -0.497 e. The van der Waals surface area contributed by atoms with Crippen molar-refractivity contribution in [1.82, 2.24) is 24.4 Å². The van der Waals surface area contributed by atoms with E-state index in [1.807, 2.05) is 24.0 Å². The van der Waals surface area contributed by atoms with Gasteiger partial charge in [0, 0.05) is 49.4 Å². The van der Waals surface area contributed by atoms with Crippen LogP contribution < -0.4 is 10.1 Å². The monoisotopic (exact) mass is 610 g/mol. The number of para-hydroxylation sites is 1. The molecule has 13 heteroatoms. The van der Waals surface area contributed by atoms with E-state index in [4.69, 9.17) is 4.74 Å². The molecule has 0 bridgehead atoms. The molecular formula is C31H33F3N6O4. The molecule has 5 rings (SSSR count). The van der Waals surface area contributed by atoms with Gasteiger partial charge in [0.2, 0.25) is 5.91 Å². The lowest BCUT2D eigenvalue weighted by atomic mass is 10.0. The summed E-state index contributed by atoms with van der Waals surface area (Å²) in [6.07, 6.45) is -3.62. The Morgan fingerprint density at radius 2 is 1.84 bits per heavy atom. The molecule has 2 N–H and O–H groups in total. The van der Waals surface area contributed by atoms with Crippen molar-refractivity contribution in [2.24, 2.45) is 0 Å². The fourth-order valence-electron chi connectivity index (χ4n) is 5.81. The highest BCUT2D eigenvalue weighted by molar-refractivity contribution is 6.00. The molecule has 2 amide bonds. The van der Waals surface area contributed by atoms with Gasteiger partial charge in [0.15, 0.2) is 11.3 Å². The van der Waals surface area contributed by atoms with Crippen LogP contribution in [0.2, 0.25) is 0 Å². The van der Waals surface area contributed by atoms with Crippen LogP contribution in [0.25, 0.3) is 16.9 Å². The first-order chi connectivity index (χ1) is 20.9. The molecule has 4 aromatic rings. The summed E-state index contributed by atoms with van der Waals surface area (Å²) in [5.74, 6) is -0.186. The van der Waals surface area contributed by atoms with E-state index in [2.05, 4.69) is 15.4 Å². The van der Waals surface area contributed by atoms with Crippen LogP contribution >= 0.6 is 0 Å². The lowest BCUT2D eigenvalue weighted by Crippen LogP contribution is -2.55. The number of rotatable bonds is 7. The van der Waals surface area contributed by atoms with Gasteiger partial charge >= 0.3 is 6.18 Å². The molecule has 0 unspecified atom stereocenters. The predicted octanol–water partition coefficient (Wildman–Crippen LogP) is 4.57. The summed E-state index contributed by atoms with van der Waals surface area (Å²) in [6, 6.07) is 12.9. The summed E-state index contributed by atoms with van der Waals surface area (Å²) in [4.78, 5) is 33.8. The Hall–Kier alpha value is -4.49. The number of carbonyl (C=O) groups excluding carboxylic acids is 2. The lowest BCUT2D eigenvalue weighted by Gasteiger charge is -2.43. The molecule has 2 aromatic carbocycles. The highest BCUT2D eigenvalue weighted by Crippen LogP contribution is 2.37. The SMILES string of the molecule is COc1ccc(-c2nc3c(C(=O)N4CCN([C@@H](CO)c5ccccc5NC(C)=O)C[C@H]4C)cnn3c(C(F)(F)F)c2C)cc1. The molecule has 1 aliphatic rings. The number of aliphatic hydroxyl groups is 1. The molecule has 10 nitrogen and oxygen atoms in total. The number of alkyl halides is 3. The Kier molecular flexibility index (Phi) is 8.62. The largest absolute Gasteiger partial charge is 0.497 e. The fourth-order valence-corrected chi connectivity index (χ4v) is 5.81. The van der Waals surface area contributed by atoms with E-state index in [9.17, 15) is 27.9 Å². The van der Waals surface area contributed by atoms with Crippen LogP contribution in [0.3, 0.4) is 0 Å². The number of carbonyl (C=O) groups is 2. The number of methoxy groups -OCH3 is 1. The Morgan fingerprint density at radius 3 is 2.45 bits per heavy atom. The van der Waals surface area contributed by atoms with Crippen molar-refractivity contribution in [3.05, 3.63) is 77.1 Å². The van der Waals surface area contributed by atoms with Crippen LogP contribution in [0.5, 0.6) is 5.75 Å². The number of aliphatic hydroxyl groups excluding tert-OH is 1. The normalized spacial score (nSPS) is 16.6. The van der Waals surface area contributed by atoms with E-state index in [0.717, 1.165) is 11.8 Å². The number of hydrogen-bond acceptors (Lipinski definition) is 7. The number of nitrogens with one attached hydrogen (secondary N) is 1. The third-order valence-corrected chi connectivity index (χ3v) is 7.91. The minimum atomic E-state index is -4.76. The average Bonchev–Trinajstić information content (AvgIpc) is 3.40. The summed E-state index contributed by atoms with van der Waals surface area (Å²) < 4.78 is 48.9. The van der Waals surface area contributed by atoms with Crippen molar-refractivity contribution >= 4 is 23.1 Å². The van der Waals surface area contributed by atoms with Crippen LogP contribution in [0.4, 0.5) is 18.9 Å². The van der Waals surface area contributed by atoms with Gasteiger partial charge in [-0.05, 0) is 49.7 Å². The topological polar surface area (TPSA) is 112 Å². The molecule has 232 valence electrons. The Morgan fingerprint density at radius 1 is 1.14 bits per heavy atom. The van der Waals surface area contributed by atoms with Gasteiger partial charge in [0.1, 0.15) is 11.3 Å². The number of aromatic nitrogens is 3. The molecule has 44 heavy (non-hydrogen) atoms. The third-order valence-electron chi connectivity index (χ3n) is 7.91. The van der Waals surface area contributed by atoms with E-state index in [1.54, 1.807) is 41.3 Å². The summed E-state index contributed by atoms with van der Waals surface area (Å²) >= 11 is 0. The zero-order valence-corrected chi connectivity index (χ0v) is 24.7. The van der Waals surface area contributed by atoms with Gasteiger partial charge in [-0.1, -0.05) is 18.2 Å². The van der Waals surface area contributed by atoms with Gasteiger partial charge in [-0.3, -0.25) is 14.5 Å². The lowest BCUT2D eigenvalue weighted by molar-refractivity contribution is -0.143. The summed E-state index contributed by atoms with van der Waals surface area (Å²) in [6.45, 7) is 5.37. The van der Waals surface area contributed by atoms with E-state index in [0.29, 0.717) is 34.6 Å². The maximum Gasteiger partial charge on any atom is 0.433 e. The molecule has 0 radical (unpaired) electrons. The van der Waals surface area contributed by atoms with Gasteiger partial charge in [0.25, 0.3) is 5.91 Å². The first-order valence-electron chi connectivity index (χ1n) is 14.1. The van der Waals surface area contributed by atoms with E-state index >= 15 is 0 Å². The zero-order valence-electron chi connectivity index (χ0n) is 24.7. The molecule has 1 fully saturated rings. The first-order valence-corrected chi connectivity index (χ1v) is 14.1. The van der Waals surface area contributed by atoms with Crippen molar-refractivity contribution in [2.45, 2.75) is 39.0 Å². The van der Waals surface area contributed by atoms with Crippen molar-refractivity contribution in [2.75, 3.05) is 38.7 Å². The minimum absolute atomic E-state index is 0.0414. The second-order valence-corrected chi connectivity index (χ2v) is 10.8. The van der Waals surface area contributed by atoms with Gasteiger partial charge < -0.3 is 20.1 Å². The summed E-state index contributed by atoms with van der Waals surface area (Å²) in [7, 11) is 1.49. The maximum atomic E-state index is 14.4. The Bertz CT molecular complexity index is 1690. The van der Waals surface area contributed by atoms with Crippen LogP contribution in [0, 0.1) is 6.92 Å². The third kappa shape index (κ3) is 5.84. The van der Waals surface area contributed by atoms with Gasteiger partial charge in [-0.25, -0.2) is 9.50 Å². The smallest absolute Gasteiger partial charge is 0.433 e. The molecule has 0 saturated carbocycles. The van der Waals surface area contributed by atoms with Crippen LogP contribution in [0.1, 0.15) is 47.1 Å². The predicted molar refractivity (Wildman–Crippen MR) is 157 cm³/mol. The number of halogens is 3. The number of benzene rings is 2. The number of anilines is 1. The molecule has 2 aromatic heterocycles. The molecule has 1 aliphatic heterocycles. The zero-order chi connectivity index (χ0) is 31.8. The van der Waals surface area contributed by atoms with Gasteiger partial charge in [-0.2, -0.15) is 18.3 Å². The number of piperazine rings is 1. The average molecular weight is 611 g/mol. The highest BCUT2D eigenvalue weighted by Gasteiger charge is 2.40. The van der Waals surface area contributed by atoms with E-state index in [-0.39, 0.29) is 47.6 Å². The van der Waals surface area contributed by atoms with Gasteiger partial charge in [-0.15, -0.1) is 0 Å². The van der Waals surface area contributed by atoms with Gasteiger partial charge in [0.05, 0.1) is 31.6 Å².